The van der Waals surface area contributed by atoms with Gasteiger partial charge in [0.2, 0.25) is 0 Å². The number of nitrogens with one attached hydrogen (secondary N) is 1. The van der Waals surface area contributed by atoms with Crippen molar-refractivity contribution in [3.05, 3.63) is 45.4 Å². The molecule has 0 radical (unpaired) electrons. The summed E-state index contributed by atoms with van der Waals surface area (Å²) >= 11 is 7.14. The summed E-state index contributed by atoms with van der Waals surface area (Å²) in [6.07, 6.45) is 2.24. The summed E-state index contributed by atoms with van der Waals surface area (Å²) in [7, 11) is 0. The maximum Gasteiger partial charge on any atom is 0.312 e. The number of halogens is 1. The first-order chi connectivity index (χ1) is 10.5. The Kier molecular flexibility index (Phi) is 4.13. The third-order valence-corrected chi connectivity index (χ3v) is 4.88. The van der Waals surface area contributed by atoms with Crippen LogP contribution in [0.15, 0.2) is 24.3 Å². The van der Waals surface area contributed by atoms with Crippen LogP contribution < -0.4 is 5.32 Å². The topological polar surface area (TPSA) is 79.3 Å². The number of aliphatic carboxylic acids is 1. The van der Waals surface area contributed by atoms with Gasteiger partial charge in [0.1, 0.15) is 5.92 Å². The molecule has 2 N–H and O–H groups in total. The van der Waals surface area contributed by atoms with E-state index in [4.69, 9.17) is 11.6 Å². The number of carboxylic acid groups (broad SMARTS) is 1. The van der Waals surface area contributed by atoms with Crippen LogP contribution in [0.4, 0.5) is 5.13 Å². The number of amides is 1. The molecule has 1 amide bonds. The first-order valence-corrected chi connectivity index (χ1v) is 8.03. The number of nitrogens with zero attached hydrogens (tertiary/aromatic N) is 1. The maximum absolute atomic E-state index is 12.1. The number of hydrogen-bond donors (Lipinski definition) is 2. The first-order valence-electron chi connectivity index (χ1n) is 6.84. The average molecular weight is 337 g/mol. The zero-order valence-electron chi connectivity index (χ0n) is 11.5. The second-order valence-corrected chi connectivity index (χ2v) is 6.59. The molecule has 22 heavy (non-hydrogen) atoms. The standard InChI is InChI=1S/C15H13ClN2O3S/c16-9-6-4-8(5-7-9)13(19)18-15-17-12-10(14(20)21)2-1-3-11(12)22-15/h4-7,10H,1-3H2,(H,20,21)(H,17,18,19)/t10-/m1/s1. The van der Waals surface area contributed by atoms with Gasteiger partial charge in [0.15, 0.2) is 5.13 Å². The van der Waals surface area contributed by atoms with E-state index >= 15 is 0 Å². The van der Waals surface area contributed by atoms with E-state index in [-0.39, 0.29) is 5.91 Å². The molecule has 2 aromatic rings. The summed E-state index contributed by atoms with van der Waals surface area (Å²) in [4.78, 5) is 28.7. The Morgan fingerprint density at radius 2 is 2.05 bits per heavy atom. The van der Waals surface area contributed by atoms with Crippen LogP contribution in [0.5, 0.6) is 0 Å². The Bertz CT molecular complexity index is 727. The van der Waals surface area contributed by atoms with Gasteiger partial charge in [-0.15, -0.1) is 11.3 Å². The van der Waals surface area contributed by atoms with E-state index < -0.39 is 11.9 Å². The molecule has 1 atom stereocenters. The molecule has 0 spiro atoms. The van der Waals surface area contributed by atoms with Gasteiger partial charge in [-0.3, -0.25) is 14.9 Å². The van der Waals surface area contributed by atoms with Gasteiger partial charge >= 0.3 is 5.97 Å². The lowest BCUT2D eigenvalue weighted by Crippen LogP contribution is -2.17. The van der Waals surface area contributed by atoms with Gasteiger partial charge in [0.25, 0.3) is 5.91 Å². The Morgan fingerprint density at radius 3 is 2.73 bits per heavy atom. The number of hydrogen-bond acceptors (Lipinski definition) is 4. The molecule has 1 aromatic heterocycles. The van der Waals surface area contributed by atoms with Crippen LogP contribution in [-0.4, -0.2) is 22.0 Å². The van der Waals surface area contributed by atoms with E-state index in [0.717, 1.165) is 17.7 Å². The minimum absolute atomic E-state index is 0.283. The molecule has 1 heterocycles. The zero-order chi connectivity index (χ0) is 15.7. The predicted molar refractivity (Wildman–Crippen MR) is 84.8 cm³/mol. The van der Waals surface area contributed by atoms with Crippen LogP contribution in [0.3, 0.4) is 0 Å². The number of benzene rings is 1. The number of aromatic nitrogens is 1. The molecule has 0 unspecified atom stereocenters. The molecule has 1 aromatic carbocycles. The molecule has 7 heteroatoms. The number of anilines is 1. The smallest absolute Gasteiger partial charge is 0.312 e. The van der Waals surface area contributed by atoms with Gasteiger partial charge in [-0.05, 0) is 43.5 Å². The fourth-order valence-electron chi connectivity index (χ4n) is 2.48. The summed E-state index contributed by atoms with van der Waals surface area (Å²) in [5, 5.41) is 13.0. The molecule has 0 fully saturated rings. The molecule has 1 aliphatic rings. The molecule has 0 saturated heterocycles. The highest BCUT2D eigenvalue weighted by Crippen LogP contribution is 2.36. The van der Waals surface area contributed by atoms with Crippen LogP contribution in [0.25, 0.3) is 0 Å². The Labute approximate surface area is 136 Å². The van der Waals surface area contributed by atoms with Crippen molar-refractivity contribution in [1.29, 1.82) is 0 Å². The van der Waals surface area contributed by atoms with E-state index in [1.807, 2.05) is 0 Å². The molecule has 0 aliphatic heterocycles. The maximum atomic E-state index is 12.1. The number of fused-ring (bicyclic) bond motifs is 1. The van der Waals surface area contributed by atoms with Gasteiger partial charge < -0.3 is 5.11 Å². The van der Waals surface area contributed by atoms with Crippen LogP contribution in [0.2, 0.25) is 5.02 Å². The van der Waals surface area contributed by atoms with Crippen molar-refractivity contribution in [3.63, 3.8) is 0 Å². The van der Waals surface area contributed by atoms with E-state index in [1.54, 1.807) is 24.3 Å². The zero-order valence-corrected chi connectivity index (χ0v) is 13.1. The van der Waals surface area contributed by atoms with E-state index in [2.05, 4.69) is 10.3 Å². The molecule has 5 nitrogen and oxygen atoms in total. The molecule has 0 saturated carbocycles. The van der Waals surface area contributed by atoms with E-state index in [1.165, 1.54) is 11.3 Å². The molecular weight excluding hydrogens is 324 g/mol. The molecule has 114 valence electrons. The molecular formula is C15H13ClN2O3S. The van der Waals surface area contributed by atoms with Crippen molar-refractivity contribution >= 4 is 39.9 Å². The van der Waals surface area contributed by atoms with Crippen molar-refractivity contribution in [2.24, 2.45) is 0 Å². The first kappa shape index (κ1) is 15.0. The summed E-state index contributed by atoms with van der Waals surface area (Å²) in [6, 6.07) is 6.55. The predicted octanol–water partition coefficient (Wildman–Crippen LogP) is 3.55. The van der Waals surface area contributed by atoms with Crippen LogP contribution in [0.1, 0.15) is 39.7 Å². The van der Waals surface area contributed by atoms with Gasteiger partial charge in [0.05, 0.1) is 5.69 Å². The molecule has 3 rings (SSSR count). The van der Waals surface area contributed by atoms with Crippen LogP contribution >= 0.6 is 22.9 Å². The number of thiazole rings is 1. The van der Waals surface area contributed by atoms with Crippen LogP contribution in [0, 0.1) is 0 Å². The summed E-state index contributed by atoms with van der Waals surface area (Å²) < 4.78 is 0. The minimum atomic E-state index is -0.859. The summed E-state index contributed by atoms with van der Waals surface area (Å²) in [5.74, 6) is -1.71. The minimum Gasteiger partial charge on any atom is -0.481 e. The fourth-order valence-corrected chi connectivity index (χ4v) is 3.67. The fraction of sp³-hybridized carbons (Fsp3) is 0.267. The highest BCUT2D eigenvalue weighted by atomic mass is 35.5. The third kappa shape index (κ3) is 2.98. The summed E-state index contributed by atoms with van der Waals surface area (Å²) in [5.41, 5.74) is 1.07. The SMILES string of the molecule is O=C(Nc1nc2c(s1)CCC[C@H]2C(=O)O)c1ccc(Cl)cc1. The second kappa shape index (κ2) is 6.06. The van der Waals surface area contributed by atoms with E-state index in [9.17, 15) is 14.7 Å². The normalized spacial score (nSPS) is 16.9. The number of rotatable bonds is 3. The Balaban J connectivity index is 1.80. The van der Waals surface area contributed by atoms with Crippen molar-refractivity contribution < 1.29 is 14.7 Å². The largest absolute Gasteiger partial charge is 0.481 e. The van der Waals surface area contributed by atoms with Crippen LogP contribution in [-0.2, 0) is 11.2 Å². The van der Waals surface area contributed by atoms with Gasteiger partial charge in [-0.25, -0.2) is 4.98 Å². The number of carboxylic acids is 1. The quantitative estimate of drug-likeness (QED) is 0.898. The molecule has 1 aliphatic carbocycles. The lowest BCUT2D eigenvalue weighted by Gasteiger charge is -2.16. The van der Waals surface area contributed by atoms with Gasteiger partial charge in [-0.2, -0.15) is 0 Å². The monoisotopic (exact) mass is 336 g/mol. The highest BCUT2D eigenvalue weighted by molar-refractivity contribution is 7.15. The van der Waals surface area contributed by atoms with Crippen molar-refractivity contribution in [1.82, 2.24) is 4.98 Å². The molecule has 0 bridgehead atoms. The lowest BCUT2D eigenvalue weighted by molar-refractivity contribution is -0.139. The van der Waals surface area contributed by atoms with Crippen molar-refractivity contribution in [3.8, 4) is 0 Å². The second-order valence-electron chi connectivity index (χ2n) is 5.07. The average Bonchev–Trinajstić information content (AvgIpc) is 2.89. The van der Waals surface area contributed by atoms with Crippen molar-refractivity contribution in [2.75, 3.05) is 5.32 Å². The third-order valence-electron chi connectivity index (χ3n) is 3.58. The Morgan fingerprint density at radius 1 is 1.32 bits per heavy atom. The lowest BCUT2D eigenvalue weighted by atomic mass is 9.91. The number of aryl methyl sites for hydroxylation is 1. The summed E-state index contributed by atoms with van der Waals surface area (Å²) in [6.45, 7) is 0. The number of carbonyl (C=O) groups is 2. The number of carbonyl (C=O) groups excluding carboxylic acids is 1. The van der Waals surface area contributed by atoms with Gasteiger partial charge in [0, 0.05) is 15.5 Å². The van der Waals surface area contributed by atoms with E-state index in [0.29, 0.717) is 27.8 Å². The van der Waals surface area contributed by atoms with Crippen molar-refractivity contribution in [2.45, 2.75) is 25.2 Å². The highest BCUT2D eigenvalue weighted by Gasteiger charge is 2.30. The van der Waals surface area contributed by atoms with Gasteiger partial charge in [-0.1, -0.05) is 11.6 Å². The Hall–Kier alpha value is -1.92.